The number of carboxylic acid groups (broad SMARTS) is 1. The largest absolute Gasteiger partial charge is 0.481 e. The minimum atomic E-state index is -0.769. The van der Waals surface area contributed by atoms with Gasteiger partial charge in [-0.05, 0) is 37.8 Å². The van der Waals surface area contributed by atoms with Crippen molar-refractivity contribution in [1.82, 2.24) is 0 Å². The van der Waals surface area contributed by atoms with Crippen LogP contribution in [0.4, 0.5) is 0 Å². The summed E-state index contributed by atoms with van der Waals surface area (Å²) in [4.78, 5) is 11.3. The van der Waals surface area contributed by atoms with Crippen LogP contribution in [0.3, 0.4) is 0 Å². The highest BCUT2D eigenvalue weighted by molar-refractivity contribution is 5.70. The summed E-state index contributed by atoms with van der Waals surface area (Å²) in [6, 6.07) is 5.99. The fraction of sp³-hybridized carbons (Fsp3) is 0.562. The number of carboxylic acids is 1. The van der Waals surface area contributed by atoms with Crippen LogP contribution >= 0.6 is 0 Å². The smallest absolute Gasteiger partial charge is 0.306 e. The van der Waals surface area contributed by atoms with Crippen LogP contribution in [0, 0.1) is 25.7 Å². The van der Waals surface area contributed by atoms with E-state index < -0.39 is 18.0 Å². The van der Waals surface area contributed by atoms with Crippen LogP contribution in [0.1, 0.15) is 48.5 Å². The molecule has 3 unspecified atom stereocenters. The standard InChI is InChI=1S/C16H22O3/c1-10-7-8-11(2)14(9-10)15(17)12-5-3-4-6-13(12)16(18)19/h7-9,12-13,15,17H,3-6H2,1-2H3,(H,18,19). The van der Waals surface area contributed by atoms with Crippen LogP contribution in [0.15, 0.2) is 18.2 Å². The first-order chi connectivity index (χ1) is 9.00. The van der Waals surface area contributed by atoms with Crippen molar-refractivity contribution in [2.45, 2.75) is 45.6 Å². The van der Waals surface area contributed by atoms with Crippen LogP contribution in [-0.4, -0.2) is 16.2 Å². The molecule has 0 radical (unpaired) electrons. The molecule has 0 heterocycles. The van der Waals surface area contributed by atoms with Gasteiger partial charge in [-0.25, -0.2) is 0 Å². The van der Waals surface area contributed by atoms with Crippen LogP contribution in [0.25, 0.3) is 0 Å². The van der Waals surface area contributed by atoms with Crippen molar-refractivity contribution in [3.05, 3.63) is 34.9 Å². The minimum Gasteiger partial charge on any atom is -0.481 e. The molecular weight excluding hydrogens is 240 g/mol. The Labute approximate surface area is 114 Å². The maximum absolute atomic E-state index is 11.3. The van der Waals surface area contributed by atoms with E-state index in [1.54, 1.807) is 0 Å². The lowest BCUT2D eigenvalue weighted by molar-refractivity contribution is -0.147. The van der Waals surface area contributed by atoms with Gasteiger partial charge in [-0.1, -0.05) is 36.6 Å². The van der Waals surface area contributed by atoms with E-state index in [-0.39, 0.29) is 5.92 Å². The van der Waals surface area contributed by atoms with Crippen molar-refractivity contribution in [3.63, 3.8) is 0 Å². The molecule has 19 heavy (non-hydrogen) atoms. The lowest BCUT2D eigenvalue weighted by atomic mass is 9.74. The second kappa shape index (κ2) is 5.74. The third kappa shape index (κ3) is 2.98. The first-order valence-electron chi connectivity index (χ1n) is 6.98. The van der Waals surface area contributed by atoms with Gasteiger partial charge in [-0.2, -0.15) is 0 Å². The monoisotopic (exact) mass is 262 g/mol. The summed E-state index contributed by atoms with van der Waals surface area (Å²) in [5.41, 5.74) is 3.02. The van der Waals surface area contributed by atoms with E-state index in [1.807, 2.05) is 32.0 Å². The highest BCUT2D eigenvalue weighted by atomic mass is 16.4. The summed E-state index contributed by atoms with van der Waals surface area (Å²) >= 11 is 0. The summed E-state index contributed by atoms with van der Waals surface area (Å²) in [6.07, 6.45) is 2.78. The molecule has 1 aromatic carbocycles. The van der Waals surface area contributed by atoms with Crippen molar-refractivity contribution in [2.75, 3.05) is 0 Å². The number of aryl methyl sites for hydroxylation is 2. The summed E-state index contributed by atoms with van der Waals surface area (Å²) in [6.45, 7) is 3.96. The van der Waals surface area contributed by atoms with Gasteiger partial charge in [0.2, 0.25) is 0 Å². The highest BCUT2D eigenvalue weighted by Crippen LogP contribution is 2.39. The number of hydrogen-bond donors (Lipinski definition) is 2. The molecule has 0 bridgehead atoms. The average molecular weight is 262 g/mol. The van der Waals surface area contributed by atoms with Gasteiger partial charge in [0, 0.05) is 5.92 Å². The van der Waals surface area contributed by atoms with Crippen molar-refractivity contribution in [2.24, 2.45) is 11.8 Å². The topological polar surface area (TPSA) is 57.5 Å². The Bertz CT molecular complexity index is 467. The van der Waals surface area contributed by atoms with Gasteiger partial charge < -0.3 is 10.2 Å². The van der Waals surface area contributed by atoms with Gasteiger partial charge in [0.25, 0.3) is 0 Å². The van der Waals surface area contributed by atoms with Crippen LogP contribution in [-0.2, 0) is 4.79 Å². The van der Waals surface area contributed by atoms with Gasteiger partial charge in [0.05, 0.1) is 12.0 Å². The van der Waals surface area contributed by atoms with Gasteiger partial charge in [0.1, 0.15) is 0 Å². The molecule has 1 saturated carbocycles. The molecule has 0 aromatic heterocycles. The fourth-order valence-electron chi connectivity index (χ4n) is 3.15. The molecule has 0 amide bonds. The zero-order valence-electron chi connectivity index (χ0n) is 11.6. The summed E-state index contributed by atoms with van der Waals surface area (Å²) in [5.74, 6) is -1.34. The van der Waals surface area contributed by atoms with E-state index in [1.165, 1.54) is 0 Å². The maximum Gasteiger partial charge on any atom is 0.306 e. The number of aliphatic hydroxyl groups excluding tert-OH is 1. The molecular formula is C16H22O3. The van der Waals surface area contributed by atoms with Crippen molar-refractivity contribution in [1.29, 1.82) is 0 Å². The lowest BCUT2D eigenvalue weighted by Gasteiger charge is -2.33. The quantitative estimate of drug-likeness (QED) is 0.879. The number of aliphatic hydroxyl groups is 1. The van der Waals surface area contributed by atoms with Crippen LogP contribution in [0.5, 0.6) is 0 Å². The van der Waals surface area contributed by atoms with Gasteiger partial charge in [-0.15, -0.1) is 0 Å². The molecule has 2 rings (SSSR count). The van der Waals surface area contributed by atoms with E-state index >= 15 is 0 Å². The van der Waals surface area contributed by atoms with Crippen LogP contribution in [0.2, 0.25) is 0 Å². The Balaban J connectivity index is 2.28. The van der Waals surface area contributed by atoms with Gasteiger partial charge in [-0.3, -0.25) is 4.79 Å². The predicted molar refractivity (Wildman–Crippen MR) is 74.0 cm³/mol. The van der Waals surface area contributed by atoms with Crippen molar-refractivity contribution in [3.8, 4) is 0 Å². The van der Waals surface area contributed by atoms with E-state index in [2.05, 4.69) is 0 Å². The zero-order valence-corrected chi connectivity index (χ0v) is 11.6. The first-order valence-corrected chi connectivity index (χ1v) is 6.98. The van der Waals surface area contributed by atoms with Gasteiger partial charge in [0.15, 0.2) is 0 Å². The van der Waals surface area contributed by atoms with E-state index in [4.69, 9.17) is 0 Å². The van der Waals surface area contributed by atoms with Gasteiger partial charge >= 0.3 is 5.97 Å². The molecule has 0 spiro atoms. The molecule has 1 aromatic rings. The van der Waals surface area contributed by atoms with Crippen molar-refractivity contribution < 1.29 is 15.0 Å². The van der Waals surface area contributed by atoms with E-state index in [0.29, 0.717) is 6.42 Å². The summed E-state index contributed by atoms with van der Waals surface area (Å²) in [5, 5.41) is 19.9. The van der Waals surface area contributed by atoms with E-state index in [9.17, 15) is 15.0 Å². The molecule has 0 saturated heterocycles. The minimum absolute atomic E-state index is 0.160. The number of carbonyl (C=O) groups is 1. The average Bonchev–Trinajstić information content (AvgIpc) is 2.40. The number of aliphatic carboxylic acids is 1. The molecule has 3 nitrogen and oxygen atoms in total. The highest BCUT2D eigenvalue weighted by Gasteiger charge is 2.36. The number of hydrogen-bond acceptors (Lipinski definition) is 2. The molecule has 1 aliphatic carbocycles. The third-order valence-corrected chi connectivity index (χ3v) is 4.30. The summed E-state index contributed by atoms with van der Waals surface area (Å²) in [7, 11) is 0. The normalized spacial score (nSPS) is 25.0. The third-order valence-electron chi connectivity index (χ3n) is 4.30. The second-order valence-electron chi connectivity index (χ2n) is 5.70. The Morgan fingerprint density at radius 3 is 2.63 bits per heavy atom. The Morgan fingerprint density at radius 1 is 1.26 bits per heavy atom. The molecule has 1 aliphatic rings. The molecule has 3 heteroatoms. The van der Waals surface area contributed by atoms with Crippen molar-refractivity contribution >= 4 is 5.97 Å². The van der Waals surface area contributed by atoms with Crippen LogP contribution < -0.4 is 0 Å². The predicted octanol–water partition coefficient (Wildman–Crippen LogP) is 3.23. The fourth-order valence-corrected chi connectivity index (χ4v) is 3.15. The first kappa shape index (κ1) is 14.1. The summed E-state index contributed by atoms with van der Waals surface area (Å²) < 4.78 is 0. The molecule has 0 aliphatic heterocycles. The number of benzene rings is 1. The Morgan fingerprint density at radius 2 is 1.95 bits per heavy atom. The molecule has 104 valence electrons. The second-order valence-corrected chi connectivity index (χ2v) is 5.70. The molecule has 1 fully saturated rings. The maximum atomic E-state index is 11.3. The molecule has 3 atom stereocenters. The molecule has 2 N–H and O–H groups in total. The number of rotatable bonds is 3. The zero-order chi connectivity index (χ0) is 14.0. The Kier molecular flexibility index (Phi) is 4.25. The van der Waals surface area contributed by atoms with E-state index in [0.717, 1.165) is 36.0 Å². The Hall–Kier alpha value is -1.35. The SMILES string of the molecule is Cc1ccc(C)c(C(O)C2CCCCC2C(=O)O)c1. The lowest BCUT2D eigenvalue weighted by Crippen LogP contribution is -2.31.